The van der Waals surface area contributed by atoms with Crippen LogP contribution in [0, 0.1) is 0 Å². The number of benzene rings is 2. The maximum atomic E-state index is 2.35. The second kappa shape index (κ2) is 4.89. The van der Waals surface area contributed by atoms with Crippen LogP contribution in [0.4, 0.5) is 0 Å². The second-order valence-corrected chi connectivity index (χ2v) is 5.89. The van der Waals surface area contributed by atoms with E-state index in [4.69, 9.17) is 0 Å². The molecule has 0 saturated heterocycles. The van der Waals surface area contributed by atoms with Crippen LogP contribution >= 0.6 is 0 Å². The molecule has 0 saturated carbocycles. The third-order valence-electron chi connectivity index (χ3n) is 4.46. The first-order valence-corrected chi connectivity index (χ1v) is 7.58. The molecule has 0 amide bonds. The Bertz CT molecular complexity index is 823. The molecule has 0 aromatic heterocycles. The fourth-order valence-corrected chi connectivity index (χ4v) is 3.51. The number of hydrogen-bond acceptors (Lipinski definition) is 0. The van der Waals surface area contributed by atoms with E-state index in [1.807, 2.05) is 0 Å². The van der Waals surface area contributed by atoms with E-state index >= 15 is 0 Å². The van der Waals surface area contributed by atoms with Gasteiger partial charge in [-0.05, 0) is 40.8 Å². The van der Waals surface area contributed by atoms with E-state index in [9.17, 15) is 0 Å². The molecular weight excluding hydrogens is 252 g/mol. The smallest absolute Gasteiger partial charge is 0.0136 e. The molecule has 2 aliphatic rings. The SMILES string of the molecule is CC1=CC2=CC=CCC(c3cccc4ccccc34)C2=C1. The van der Waals surface area contributed by atoms with Gasteiger partial charge in [0.15, 0.2) is 0 Å². The minimum absolute atomic E-state index is 0.454. The van der Waals surface area contributed by atoms with Crippen molar-refractivity contribution >= 4 is 10.8 Å². The monoisotopic (exact) mass is 270 g/mol. The van der Waals surface area contributed by atoms with Crippen molar-refractivity contribution in [2.24, 2.45) is 0 Å². The maximum absolute atomic E-state index is 2.35. The highest BCUT2D eigenvalue weighted by atomic mass is 14.3. The molecule has 2 aromatic rings. The predicted molar refractivity (Wildman–Crippen MR) is 90.4 cm³/mol. The summed E-state index contributed by atoms with van der Waals surface area (Å²) in [5.41, 5.74) is 5.64. The van der Waals surface area contributed by atoms with Crippen LogP contribution in [0.1, 0.15) is 24.8 Å². The van der Waals surface area contributed by atoms with Crippen molar-refractivity contribution in [1.82, 2.24) is 0 Å². The van der Waals surface area contributed by atoms with Gasteiger partial charge < -0.3 is 0 Å². The summed E-state index contributed by atoms with van der Waals surface area (Å²) in [5, 5.41) is 2.71. The quantitative estimate of drug-likeness (QED) is 0.624. The van der Waals surface area contributed by atoms with Gasteiger partial charge in [-0.25, -0.2) is 0 Å². The Kier molecular flexibility index (Phi) is 2.89. The first-order valence-electron chi connectivity index (χ1n) is 7.58. The van der Waals surface area contributed by atoms with Crippen LogP contribution in [-0.4, -0.2) is 0 Å². The maximum Gasteiger partial charge on any atom is 0.0136 e. The molecule has 2 aromatic carbocycles. The summed E-state index contributed by atoms with van der Waals surface area (Å²) < 4.78 is 0. The molecule has 1 atom stereocenters. The van der Waals surface area contributed by atoms with Crippen molar-refractivity contribution in [2.75, 3.05) is 0 Å². The lowest BCUT2D eigenvalue weighted by molar-refractivity contribution is 0.836. The molecule has 21 heavy (non-hydrogen) atoms. The highest BCUT2D eigenvalue weighted by molar-refractivity contribution is 5.87. The molecule has 0 heterocycles. The van der Waals surface area contributed by atoms with Gasteiger partial charge in [-0.2, -0.15) is 0 Å². The molecule has 0 radical (unpaired) electrons. The Labute approximate surface area is 125 Å². The Morgan fingerprint density at radius 1 is 0.952 bits per heavy atom. The first kappa shape index (κ1) is 12.4. The molecule has 0 bridgehead atoms. The molecule has 2 aliphatic carbocycles. The Morgan fingerprint density at radius 2 is 1.81 bits per heavy atom. The molecule has 1 unspecified atom stereocenters. The van der Waals surface area contributed by atoms with Crippen molar-refractivity contribution < 1.29 is 0 Å². The standard InChI is InChI=1S/C21H18/c1-15-13-17-8-3-5-11-20(21(17)14-15)19-12-6-9-16-7-2-4-10-18(16)19/h2-10,12-14,20H,11H2,1H3. The number of rotatable bonds is 1. The summed E-state index contributed by atoms with van der Waals surface area (Å²) in [6, 6.07) is 15.4. The molecule has 102 valence electrons. The average molecular weight is 270 g/mol. The summed E-state index contributed by atoms with van der Waals surface area (Å²) in [7, 11) is 0. The van der Waals surface area contributed by atoms with Gasteiger partial charge in [0.25, 0.3) is 0 Å². The zero-order valence-electron chi connectivity index (χ0n) is 12.2. The third kappa shape index (κ3) is 2.08. The van der Waals surface area contributed by atoms with Gasteiger partial charge >= 0.3 is 0 Å². The minimum Gasteiger partial charge on any atom is -0.0836 e. The molecule has 4 rings (SSSR count). The first-order chi connectivity index (χ1) is 10.3. The molecule has 0 N–H and O–H groups in total. The summed E-state index contributed by atoms with van der Waals surface area (Å²) >= 11 is 0. The van der Waals surface area contributed by atoms with Crippen LogP contribution in [0.25, 0.3) is 10.8 Å². The number of fused-ring (bicyclic) bond motifs is 2. The van der Waals surface area contributed by atoms with Gasteiger partial charge in [-0.3, -0.25) is 0 Å². The van der Waals surface area contributed by atoms with E-state index in [2.05, 4.69) is 79.8 Å². The molecule has 0 aliphatic heterocycles. The topological polar surface area (TPSA) is 0 Å². The molecular formula is C21H18. The van der Waals surface area contributed by atoms with E-state index < -0.39 is 0 Å². The van der Waals surface area contributed by atoms with Gasteiger partial charge in [-0.15, -0.1) is 0 Å². The third-order valence-corrected chi connectivity index (χ3v) is 4.46. The van der Waals surface area contributed by atoms with Crippen molar-refractivity contribution in [3.8, 4) is 0 Å². The highest BCUT2D eigenvalue weighted by Gasteiger charge is 2.23. The minimum atomic E-state index is 0.454. The predicted octanol–water partition coefficient (Wildman–Crippen LogP) is 5.70. The average Bonchev–Trinajstić information content (AvgIpc) is 2.77. The second-order valence-electron chi connectivity index (χ2n) is 5.89. The van der Waals surface area contributed by atoms with Gasteiger partial charge in [0.05, 0.1) is 0 Å². The van der Waals surface area contributed by atoms with E-state index in [1.54, 1.807) is 0 Å². The number of hydrogen-bond donors (Lipinski definition) is 0. The Balaban J connectivity index is 1.91. The van der Waals surface area contributed by atoms with E-state index in [0.717, 1.165) is 6.42 Å². The van der Waals surface area contributed by atoms with Crippen LogP contribution < -0.4 is 0 Å². The van der Waals surface area contributed by atoms with E-state index in [1.165, 1.54) is 33.1 Å². The van der Waals surface area contributed by atoms with Crippen LogP contribution in [0.3, 0.4) is 0 Å². The summed E-state index contributed by atoms with van der Waals surface area (Å²) in [4.78, 5) is 0. The lowest BCUT2D eigenvalue weighted by atomic mass is 9.84. The normalized spacial score (nSPS) is 20.6. The Morgan fingerprint density at radius 3 is 2.76 bits per heavy atom. The summed E-state index contributed by atoms with van der Waals surface area (Å²) in [6.07, 6.45) is 12.5. The van der Waals surface area contributed by atoms with E-state index in [-0.39, 0.29) is 0 Å². The largest absolute Gasteiger partial charge is 0.0836 e. The van der Waals surface area contributed by atoms with Crippen LogP contribution in [0.2, 0.25) is 0 Å². The van der Waals surface area contributed by atoms with Gasteiger partial charge in [0.1, 0.15) is 0 Å². The van der Waals surface area contributed by atoms with Crippen LogP contribution in [0.15, 0.2) is 89.6 Å². The van der Waals surface area contributed by atoms with Crippen LogP contribution in [-0.2, 0) is 0 Å². The van der Waals surface area contributed by atoms with Crippen molar-refractivity contribution in [3.63, 3.8) is 0 Å². The Hall–Kier alpha value is -2.34. The zero-order valence-corrected chi connectivity index (χ0v) is 12.2. The lowest BCUT2D eigenvalue weighted by Crippen LogP contribution is -2.02. The number of allylic oxidation sites excluding steroid dienone is 8. The molecule has 0 heteroatoms. The highest BCUT2D eigenvalue weighted by Crippen LogP contribution is 2.41. The van der Waals surface area contributed by atoms with Gasteiger partial charge in [0.2, 0.25) is 0 Å². The lowest BCUT2D eigenvalue weighted by Gasteiger charge is -2.20. The summed E-state index contributed by atoms with van der Waals surface area (Å²) in [5.74, 6) is 0.454. The fraction of sp³-hybridized carbons (Fsp3) is 0.143. The van der Waals surface area contributed by atoms with Gasteiger partial charge in [-0.1, -0.05) is 78.4 Å². The van der Waals surface area contributed by atoms with Crippen molar-refractivity contribution in [1.29, 1.82) is 0 Å². The zero-order chi connectivity index (χ0) is 14.2. The molecule has 0 spiro atoms. The van der Waals surface area contributed by atoms with E-state index in [0.29, 0.717) is 5.92 Å². The fourth-order valence-electron chi connectivity index (χ4n) is 3.51. The summed E-state index contributed by atoms with van der Waals surface area (Å²) in [6.45, 7) is 2.19. The molecule has 0 fully saturated rings. The van der Waals surface area contributed by atoms with Crippen molar-refractivity contribution in [2.45, 2.75) is 19.3 Å². The van der Waals surface area contributed by atoms with Crippen molar-refractivity contribution in [3.05, 3.63) is 95.1 Å². The molecule has 0 nitrogen and oxygen atoms in total. The van der Waals surface area contributed by atoms with Crippen LogP contribution in [0.5, 0.6) is 0 Å². The van der Waals surface area contributed by atoms with Gasteiger partial charge in [0, 0.05) is 5.92 Å².